The van der Waals surface area contributed by atoms with E-state index in [1.54, 1.807) is 24.3 Å². The Morgan fingerprint density at radius 3 is 2.42 bits per heavy atom. The van der Waals surface area contributed by atoms with E-state index in [1.165, 1.54) is 0 Å². The fourth-order valence-electron chi connectivity index (χ4n) is 1.60. The highest BCUT2D eigenvalue weighted by Gasteiger charge is 2.36. The van der Waals surface area contributed by atoms with Gasteiger partial charge >= 0.3 is 5.97 Å². The lowest BCUT2D eigenvalue weighted by atomic mass is 9.92. The van der Waals surface area contributed by atoms with Crippen molar-refractivity contribution in [3.63, 3.8) is 0 Å². The van der Waals surface area contributed by atoms with Gasteiger partial charge in [0.1, 0.15) is 0 Å². The average molecular weight is 267 g/mol. The van der Waals surface area contributed by atoms with Gasteiger partial charge in [-0.1, -0.05) is 37.3 Å². The predicted molar refractivity (Wildman–Crippen MR) is 71.9 cm³/mol. The maximum Gasteiger partial charge on any atom is 0.330 e. The molecule has 5 nitrogen and oxygen atoms in total. The molecule has 0 radical (unpaired) electrons. The van der Waals surface area contributed by atoms with Crippen molar-refractivity contribution in [3.8, 4) is 0 Å². The van der Waals surface area contributed by atoms with Gasteiger partial charge in [0.05, 0.1) is 19.8 Å². The zero-order valence-electron chi connectivity index (χ0n) is 11.2. The minimum absolute atomic E-state index is 0.0815. The Bertz CT molecular complexity index is 382. The molecule has 19 heavy (non-hydrogen) atoms. The Morgan fingerprint density at radius 1 is 1.21 bits per heavy atom. The van der Waals surface area contributed by atoms with Crippen LogP contribution in [-0.2, 0) is 19.8 Å². The van der Waals surface area contributed by atoms with Gasteiger partial charge < -0.3 is 20.3 Å². The van der Waals surface area contributed by atoms with Crippen LogP contribution >= 0.6 is 0 Å². The molecular formula is C14H21NO4. The summed E-state index contributed by atoms with van der Waals surface area (Å²) in [4.78, 5) is 11.4. The molecule has 0 aliphatic heterocycles. The van der Waals surface area contributed by atoms with E-state index >= 15 is 0 Å². The Kier molecular flexibility index (Phi) is 6.49. The molecule has 0 heterocycles. The van der Waals surface area contributed by atoms with Crippen molar-refractivity contribution in [1.82, 2.24) is 0 Å². The first-order chi connectivity index (χ1) is 9.11. The molecule has 1 rings (SSSR count). The minimum atomic E-state index is -1.52. The van der Waals surface area contributed by atoms with Crippen LogP contribution in [0.4, 0.5) is 0 Å². The van der Waals surface area contributed by atoms with Crippen LogP contribution in [-0.4, -0.2) is 37.5 Å². The highest BCUT2D eigenvalue weighted by Crippen LogP contribution is 2.18. The van der Waals surface area contributed by atoms with Crippen molar-refractivity contribution in [1.29, 1.82) is 0 Å². The molecule has 1 unspecified atom stereocenters. The van der Waals surface area contributed by atoms with E-state index in [0.29, 0.717) is 25.4 Å². The number of carboxylic acid groups (broad SMARTS) is 1. The summed E-state index contributed by atoms with van der Waals surface area (Å²) in [6.45, 7) is 3.39. The van der Waals surface area contributed by atoms with Gasteiger partial charge in [0.25, 0.3) is 0 Å². The molecule has 3 N–H and O–H groups in total. The van der Waals surface area contributed by atoms with Crippen LogP contribution in [0, 0.1) is 0 Å². The third-order valence-corrected chi connectivity index (χ3v) is 2.72. The Morgan fingerprint density at radius 2 is 1.84 bits per heavy atom. The number of nitrogens with two attached hydrogens (primary N) is 1. The second-order valence-electron chi connectivity index (χ2n) is 4.31. The fourth-order valence-corrected chi connectivity index (χ4v) is 1.60. The molecule has 1 atom stereocenters. The van der Waals surface area contributed by atoms with E-state index in [-0.39, 0.29) is 6.61 Å². The van der Waals surface area contributed by atoms with Gasteiger partial charge in [-0.3, -0.25) is 0 Å². The molecule has 106 valence electrons. The largest absolute Gasteiger partial charge is 0.480 e. The summed E-state index contributed by atoms with van der Waals surface area (Å²) < 4.78 is 10.6. The maximum atomic E-state index is 11.4. The number of benzene rings is 1. The lowest BCUT2D eigenvalue weighted by Crippen LogP contribution is -2.49. The first-order valence-corrected chi connectivity index (χ1v) is 6.34. The second kappa shape index (κ2) is 7.89. The predicted octanol–water partition coefficient (Wildman–Crippen LogP) is 1.37. The van der Waals surface area contributed by atoms with Crippen molar-refractivity contribution in [2.24, 2.45) is 5.73 Å². The first-order valence-electron chi connectivity index (χ1n) is 6.34. The molecule has 0 saturated carbocycles. The number of carbonyl (C=O) groups is 1. The van der Waals surface area contributed by atoms with Gasteiger partial charge in [-0.2, -0.15) is 0 Å². The van der Waals surface area contributed by atoms with E-state index in [9.17, 15) is 9.90 Å². The lowest BCUT2D eigenvalue weighted by molar-refractivity contribution is -0.146. The van der Waals surface area contributed by atoms with Gasteiger partial charge in [0, 0.05) is 6.61 Å². The minimum Gasteiger partial charge on any atom is -0.480 e. The molecule has 0 aliphatic carbocycles. The van der Waals surface area contributed by atoms with Gasteiger partial charge in [-0.15, -0.1) is 0 Å². The summed E-state index contributed by atoms with van der Waals surface area (Å²) in [6.07, 6.45) is 0.944. The summed E-state index contributed by atoms with van der Waals surface area (Å²) in [5, 5.41) is 9.29. The summed E-state index contributed by atoms with van der Waals surface area (Å²) >= 11 is 0. The molecule has 1 aromatic rings. The van der Waals surface area contributed by atoms with Gasteiger partial charge in [0.2, 0.25) is 0 Å². The zero-order chi connectivity index (χ0) is 14.1. The lowest BCUT2D eigenvalue weighted by Gasteiger charge is -2.25. The van der Waals surface area contributed by atoms with E-state index in [1.807, 2.05) is 13.0 Å². The number of aliphatic carboxylic acids is 1. The zero-order valence-corrected chi connectivity index (χ0v) is 11.2. The van der Waals surface area contributed by atoms with Crippen molar-refractivity contribution < 1.29 is 19.4 Å². The van der Waals surface area contributed by atoms with Crippen LogP contribution in [0.3, 0.4) is 0 Å². The first kappa shape index (κ1) is 15.6. The van der Waals surface area contributed by atoms with Gasteiger partial charge in [-0.25, -0.2) is 4.79 Å². The average Bonchev–Trinajstić information content (AvgIpc) is 2.43. The summed E-state index contributed by atoms with van der Waals surface area (Å²) in [7, 11) is 0. The molecule has 1 aromatic carbocycles. The third kappa shape index (κ3) is 4.63. The molecule has 0 fully saturated rings. The van der Waals surface area contributed by atoms with Crippen LogP contribution in [0.1, 0.15) is 18.9 Å². The van der Waals surface area contributed by atoms with Crippen LogP contribution in [0.25, 0.3) is 0 Å². The van der Waals surface area contributed by atoms with E-state index < -0.39 is 11.5 Å². The molecule has 0 aliphatic rings. The third-order valence-electron chi connectivity index (χ3n) is 2.72. The summed E-state index contributed by atoms with van der Waals surface area (Å²) in [5.41, 5.74) is 4.94. The number of rotatable bonds is 9. The topological polar surface area (TPSA) is 81.8 Å². The van der Waals surface area contributed by atoms with Crippen LogP contribution in [0.2, 0.25) is 0 Å². The van der Waals surface area contributed by atoms with Gasteiger partial charge in [-0.05, 0) is 12.0 Å². The molecule has 0 aromatic heterocycles. The second-order valence-corrected chi connectivity index (χ2v) is 4.31. The summed E-state index contributed by atoms with van der Waals surface area (Å²) in [5.74, 6) is -1.10. The fraction of sp³-hybridized carbons (Fsp3) is 0.500. The normalized spacial score (nSPS) is 14.0. The number of carboxylic acids is 1. The highest BCUT2D eigenvalue weighted by molar-refractivity contribution is 5.80. The number of ether oxygens (including phenoxy) is 2. The van der Waals surface area contributed by atoms with Crippen LogP contribution in [0.5, 0.6) is 0 Å². The molecule has 0 spiro atoms. The van der Waals surface area contributed by atoms with E-state index in [0.717, 1.165) is 6.42 Å². The van der Waals surface area contributed by atoms with Crippen LogP contribution < -0.4 is 5.73 Å². The Balaban J connectivity index is 2.52. The number of hydrogen-bond acceptors (Lipinski definition) is 4. The summed E-state index contributed by atoms with van der Waals surface area (Å²) in [6, 6.07) is 8.69. The smallest absolute Gasteiger partial charge is 0.330 e. The molecule has 5 heteroatoms. The standard InChI is InChI=1S/C14H21NO4/c1-2-8-18-9-10-19-11-14(15,13(16)17)12-6-4-3-5-7-12/h3-7H,2,8-11,15H2,1H3,(H,16,17). The van der Waals surface area contributed by atoms with Crippen molar-refractivity contribution in [2.75, 3.05) is 26.4 Å². The quantitative estimate of drug-likeness (QED) is 0.660. The molecule has 0 bridgehead atoms. The molecule has 0 saturated heterocycles. The SMILES string of the molecule is CCCOCCOCC(N)(C(=O)O)c1ccccc1. The van der Waals surface area contributed by atoms with Crippen molar-refractivity contribution in [3.05, 3.63) is 35.9 Å². The molecular weight excluding hydrogens is 246 g/mol. The Hall–Kier alpha value is -1.43. The molecule has 0 amide bonds. The van der Waals surface area contributed by atoms with E-state index in [4.69, 9.17) is 15.2 Å². The highest BCUT2D eigenvalue weighted by atomic mass is 16.5. The number of hydrogen-bond donors (Lipinski definition) is 2. The maximum absolute atomic E-state index is 11.4. The van der Waals surface area contributed by atoms with Gasteiger partial charge in [0.15, 0.2) is 5.54 Å². The van der Waals surface area contributed by atoms with Crippen molar-refractivity contribution >= 4 is 5.97 Å². The Labute approximate surface area is 113 Å². The van der Waals surface area contributed by atoms with E-state index in [2.05, 4.69) is 0 Å². The van der Waals surface area contributed by atoms with Crippen molar-refractivity contribution in [2.45, 2.75) is 18.9 Å². The monoisotopic (exact) mass is 267 g/mol. The van der Waals surface area contributed by atoms with Crippen LogP contribution in [0.15, 0.2) is 30.3 Å².